The molecule has 0 amide bonds. The molecule has 21 heavy (non-hydrogen) atoms. The Morgan fingerprint density at radius 3 is 2.43 bits per heavy atom. The van der Waals surface area contributed by atoms with Crippen LogP contribution in [0.4, 0.5) is 0 Å². The number of hydrogen-bond acceptors (Lipinski definition) is 1. The summed E-state index contributed by atoms with van der Waals surface area (Å²) in [7, 11) is 0. The van der Waals surface area contributed by atoms with Gasteiger partial charge in [-0.25, -0.2) is 0 Å². The van der Waals surface area contributed by atoms with Crippen molar-refractivity contribution in [1.82, 2.24) is 0 Å². The lowest BCUT2D eigenvalue weighted by atomic mass is 9.59. The van der Waals surface area contributed by atoms with E-state index >= 15 is 0 Å². The second-order valence-electron chi connectivity index (χ2n) is 8.20. The topological polar surface area (TPSA) is 0 Å². The minimum atomic E-state index is 0.663. The Morgan fingerprint density at radius 1 is 1.19 bits per heavy atom. The summed E-state index contributed by atoms with van der Waals surface area (Å²) in [5.74, 6) is 4.77. The smallest absolute Gasteiger partial charge is 0.00978 e. The second kappa shape index (κ2) is 9.48. The molecule has 0 aromatic carbocycles. The zero-order valence-electron chi connectivity index (χ0n) is 15.3. The van der Waals surface area contributed by atoms with Crippen molar-refractivity contribution in [2.24, 2.45) is 29.1 Å². The van der Waals surface area contributed by atoms with Gasteiger partial charge in [-0.1, -0.05) is 53.9 Å². The Bertz CT molecular complexity index is 273. The summed E-state index contributed by atoms with van der Waals surface area (Å²) >= 11 is 4.43. The van der Waals surface area contributed by atoms with E-state index in [-0.39, 0.29) is 0 Å². The van der Waals surface area contributed by atoms with E-state index < -0.39 is 0 Å². The van der Waals surface area contributed by atoms with Gasteiger partial charge in [-0.3, -0.25) is 0 Å². The molecule has 0 saturated heterocycles. The fraction of sp³-hybridized carbons (Fsp3) is 1.00. The Balaban J connectivity index is 2.73. The molecule has 0 spiro atoms. The van der Waals surface area contributed by atoms with Crippen LogP contribution in [0.25, 0.3) is 0 Å². The van der Waals surface area contributed by atoms with E-state index in [2.05, 4.69) is 47.2 Å². The second-order valence-corrected chi connectivity index (χ2v) is 8.65. The molecule has 0 aliphatic heterocycles. The molecule has 1 aliphatic rings. The zero-order valence-corrected chi connectivity index (χ0v) is 16.2. The van der Waals surface area contributed by atoms with Crippen molar-refractivity contribution in [2.75, 3.05) is 5.75 Å². The van der Waals surface area contributed by atoms with Crippen molar-refractivity contribution >= 4 is 12.6 Å². The van der Waals surface area contributed by atoms with E-state index in [4.69, 9.17) is 0 Å². The van der Waals surface area contributed by atoms with Gasteiger partial charge in [0, 0.05) is 0 Å². The molecule has 0 radical (unpaired) electrons. The van der Waals surface area contributed by atoms with E-state index in [1.54, 1.807) is 0 Å². The van der Waals surface area contributed by atoms with E-state index in [0.29, 0.717) is 5.41 Å². The van der Waals surface area contributed by atoms with Crippen molar-refractivity contribution < 1.29 is 0 Å². The van der Waals surface area contributed by atoms with Crippen LogP contribution in [0.3, 0.4) is 0 Å². The van der Waals surface area contributed by atoms with Crippen molar-refractivity contribution in [3.05, 3.63) is 0 Å². The Labute approximate surface area is 140 Å². The van der Waals surface area contributed by atoms with Crippen LogP contribution in [0, 0.1) is 29.1 Å². The normalized spacial score (nSPS) is 31.6. The average molecular weight is 313 g/mol. The van der Waals surface area contributed by atoms with Crippen LogP contribution in [-0.2, 0) is 0 Å². The van der Waals surface area contributed by atoms with Crippen LogP contribution in [0.1, 0.15) is 92.4 Å². The molecular formula is C20H40S. The van der Waals surface area contributed by atoms with Crippen molar-refractivity contribution in [1.29, 1.82) is 0 Å². The predicted octanol–water partition coefficient (Wildman–Crippen LogP) is 6.99. The molecule has 0 heterocycles. The van der Waals surface area contributed by atoms with Crippen molar-refractivity contribution in [2.45, 2.75) is 92.4 Å². The summed E-state index contributed by atoms with van der Waals surface area (Å²) in [5.41, 5.74) is 0.663. The number of rotatable bonds is 9. The summed E-state index contributed by atoms with van der Waals surface area (Å²) in [6, 6.07) is 0. The standard InChI is InChI=1S/C20H40S/c1-6-18(9-8-14-21)19-15-20(7-2,12-10-16(3)4)13-11-17(19)5/h16-19,21H,6-15H2,1-5H3. The SMILES string of the molecule is CCC(CCCS)C1CC(CC)(CCC(C)C)CCC1C. The first kappa shape index (κ1) is 19.4. The summed E-state index contributed by atoms with van der Waals surface area (Å²) < 4.78 is 0. The third-order valence-corrected chi connectivity index (χ3v) is 6.71. The van der Waals surface area contributed by atoms with Gasteiger partial charge in [-0.2, -0.15) is 12.6 Å². The molecule has 1 rings (SSSR count). The number of hydrogen-bond donors (Lipinski definition) is 1. The first-order valence-corrected chi connectivity index (χ1v) is 10.2. The maximum atomic E-state index is 4.43. The van der Waals surface area contributed by atoms with Crippen LogP contribution in [0.5, 0.6) is 0 Å². The summed E-state index contributed by atoms with van der Waals surface area (Å²) in [6.07, 6.45) is 12.8. The molecule has 1 fully saturated rings. The molecule has 1 aliphatic carbocycles. The molecule has 0 N–H and O–H groups in total. The Kier molecular flexibility index (Phi) is 8.76. The predicted molar refractivity (Wildman–Crippen MR) is 100 cm³/mol. The van der Waals surface area contributed by atoms with Crippen molar-refractivity contribution in [3.8, 4) is 0 Å². The molecule has 1 saturated carbocycles. The van der Waals surface area contributed by atoms with Crippen LogP contribution in [-0.4, -0.2) is 5.75 Å². The monoisotopic (exact) mass is 312 g/mol. The van der Waals surface area contributed by atoms with Gasteiger partial charge in [0.1, 0.15) is 0 Å². The Morgan fingerprint density at radius 2 is 1.90 bits per heavy atom. The van der Waals surface area contributed by atoms with Gasteiger partial charge in [-0.15, -0.1) is 0 Å². The molecule has 0 nitrogen and oxygen atoms in total. The molecular weight excluding hydrogens is 272 g/mol. The Hall–Kier alpha value is 0.350. The highest BCUT2D eigenvalue weighted by atomic mass is 32.1. The summed E-state index contributed by atoms with van der Waals surface area (Å²) in [6.45, 7) is 12.1. The highest BCUT2D eigenvalue weighted by Crippen LogP contribution is 2.51. The van der Waals surface area contributed by atoms with Gasteiger partial charge in [0.05, 0.1) is 0 Å². The van der Waals surface area contributed by atoms with E-state index in [1.807, 2.05) is 0 Å². The van der Waals surface area contributed by atoms with Crippen LogP contribution in [0.2, 0.25) is 0 Å². The van der Waals surface area contributed by atoms with Gasteiger partial charge >= 0.3 is 0 Å². The highest BCUT2D eigenvalue weighted by Gasteiger charge is 2.40. The van der Waals surface area contributed by atoms with Gasteiger partial charge in [0.25, 0.3) is 0 Å². The first-order valence-electron chi connectivity index (χ1n) is 9.58. The van der Waals surface area contributed by atoms with Crippen LogP contribution >= 0.6 is 12.6 Å². The lowest BCUT2D eigenvalue weighted by molar-refractivity contribution is 0.0397. The molecule has 126 valence electrons. The largest absolute Gasteiger partial charge is 0.179 e. The van der Waals surface area contributed by atoms with E-state index in [0.717, 1.165) is 29.4 Å². The van der Waals surface area contributed by atoms with Gasteiger partial charge in [0.15, 0.2) is 0 Å². The fourth-order valence-electron chi connectivity index (χ4n) is 4.58. The lowest BCUT2D eigenvalue weighted by Gasteiger charge is -2.47. The summed E-state index contributed by atoms with van der Waals surface area (Å²) in [4.78, 5) is 0. The summed E-state index contributed by atoms with van der Waals surface area (Å²) in [5, 5.41) is 0. The molecule has 4 unspecified atom stereocenters. The zero-order chi connectivity index (χ0) is 15.9. The maximum Gasteiger partial charge on any atom is -0.00978 e. The van der Waals surface area contributed by atoms with Gasteiger partial charge in [-0.05, 0) is 73.4 Å². The highest BCUT2D eigenvalue weighted by molar-refractivity contribution is 7.80. The lowest BCUT2D eigenvalue weighted by Crippen LogP contribution is -2.36. The van der Waals surface area contributed by atoms with Gasteiger partial charge in [0.2, 0.25) is 0 Å². The average Bonchev–Trinajstić information content (AvgIpc) is 2.48. The quantitative estimate of drug-likeness (QED) is 0.436. The van der Waals surface area contributed by atoms with E-state index in [9.17, 15) is 0 Å². The van der Waals surface area contributed by atoms with Crippen molar-refractivity contribution in [3.63, 3.8) is 0 Å². The fourth-order valence-corrected chi connectivity index (χ4v) is 4.76. The first-order chi connectivity index (χ1) is 9.98. The van der Waals surface area contributed by atoms with E-state index in [1.165, 1.54) is 57.8 Å². The van der Waals surface area contributed by atoms with Crippen LogP contribution in [0.15, 0.2) is 0 Å². The van der Waals surface area contributed by atoms with Gasteiger partial charge < -0.3 is 0 Å². The molecule has 0 bridgehead atoms. The minimum Gasteiger partial charge on any atom is -0.179 e. The minimum absolute atomic E-state index is 0.663. The molecule has 0 aromatic rings. The number of thiol groups is 1. The molecule has 1 heteroatoms. The van der Waals surface area contributed by atoms with Crippen LogP contribution < -0.4 is 0 Å². The molecule has 4 atom stereocenters. The molecule has 0 aromatic heterocycles. The maximum absolute atomic E-state index is 4.43. The third-order valence-electron chi connectivity index (χ3n) is 6.39. The third kappa shape index (κ3) is 5.81.